The second-order valence-corrected chi connectivity index (χ2v) is 1.77. The Kier molecular flexibility index (Phi) is 5.26. The van der Waals surface area contributed by atoms with E-state index in [0.717, 1.165) is 6.26 Å². The smallest absolute Gasteiger partial charge is 0.0777 e. The lowest BCUT2D eigenvalue weighted by atomic mass is 10.2. The van der Waals surface area contributed by atoms with E-state index in [9.17, 15) is 0 Å². The first-order chi connectivity index (χ1) is 4.31. The molecule has 54 valence electrons. The predicted molar refractivity (Wildman–Crippen MR) is 34.1 cm³/mol. The molecule has 3 heteroatoms. The van der Waals surface area contributed by atoms with Gasteiger partial charge in [-0.25, -0.2) is 0 Å². The fourth-order valence-electron chi connectivity index (χ4n) is 0.496. The summed E-state index contributed by atoms with van der Waals surface area (Å²) in [6, 6.07) is 0. The number of aliphatic hydroxyl groups is 3. The summed E-state index contributed by atoms with van der Waals surface area (Å²) < 4.78 is 0. The molecule has 0 spiro atoms. The van der Waals surface area contributed by atoms with Crippen molar-refractivity contribution in [2.75, 3.05) is 6.61 Å². The van der Waals surface area contributed by atoms with Crippen molar-refractivity contribution < 1.29 is 15.3 Å². The third-order valence-corrected chi connectivity index (χ3v) is 0.966. The van der Waals surface area contributed by atoms with Gasteiger partial charge in [-0.1, -0.05) is 0 Å². The van der Waals surface area contributed by atoms with Crippen LogP contribution in [0.1, 0.15) is 12.8 Å². The molecule has 3 nitrogen and oxygen atoms in total. The Bertz CT molecular complexity index is 80.4. The van der Waals surface area contributed by atoms with E-state index in [2.05, 4.69) is 0 Å². The molecule has 1 atom stereocenters. The van der Waals surface area contributed by atoms with E-state index >= 15 is 0 Å². The summed E-state index contributed by atoms with van der Waals surface area (Å²) in [6.07, 6.45) is 2.51. The Morgan fingerprint density at radius 3 is 2.56 bits per heavy atom. The van der Waals surface area contributed by atoms with Crippen LogP contribution >= 0.6 is 0 Å². The maximum absolute atomic E-state index is 8.82. The standard InChI is InChI=1S/C6H12O3/c7-4-1-2-6(9)3-5-8/h3,5-9H,1-2,4H2/b5-3+. The Morgan fingerprint density at radius 1 is 1.44 bits per heavy atom. The highest BCUT2D eigenvalue weighted by atomic mass is 16.3. The van der Waals surface area contributed by atoms with Crippen LogP contribution in [0, 0.1) is 0 Å². The van der Waals surface area contributed by atoms with Gasteiger partial charge in [0, 0.05) is 6.61 Å². The van der Waals surface area contributed by atoms with Crippen molar-refractivity contribution in [2.24, 2.45) is 0 Å². The van der Waals surface area contributed by atoms with Gasteiger partial charge < -0.3 is 15.3 Å². The van der Waals surface area contributed by atoms with Crippen LogP contribution in [0.5, 0.6) is 0 Å². The topological polar surface area (TPSA) is 60.7 Å². The first-order valence-electron chi connectivity index (χ1n) is 2.91. The van der Waals surface area contributed by atoms with Crippen LogP contribution in [0.4, 0.5) is 0 Å². The highest BCUT2D eigenvalue weighted by Crippen LogP contribution is 1.96. The third kappa shape index (κ3) is 5.33. The molecular formula is C6H12O3. The molecule has 0 rings (SSSR count). The van der Waals surface area contributed by atoms with Gasteiger partial charge in [-0.05, 0) is 18.9 Å². The monoisotopic (exact) mass is 132 g/mol. The average molecular weight is 132 g/mol. The lowest BCUT2D eigenvalue weighted by Gasteiger charge is -2.00. The second-order valence-electron chi connectivity index (χ2n) is 1.77. The van der Waals surface area contributed by atoms with E-state index < -0.39 is 6.10 Å². The van der Waals surface area contributed by atoms with Crippen LogP contribution in [0.2, 0.25) is 0 Å². The molecular weight excluding hydrogens is 120 g/mol. The van der Waals surface area contributed by atoms with Gasteiger partial charge in [0.2, 0.25) is 0 Å². The van der Waals surface area contributed by atoms with Crippen LogP contribution < -0.4 is 0 Å². The van der Waals surface area contributed by atoms with Gasteiger partial charge in [-0.3, -0.25) is 0 Å². The highest BCUT2D eigenvalue weighted by Gasteiger charge is 1.95. The summed E-state index contributed by atoms with van der Waals surface area (Å²) in [4.78, 5) is 0. The summed E-state index contributed by atoms with van der Waals surface area (Å²) in [6.45, 7) is 0.0797. The van der Waals surface area contributed by atoms with Crippen LogP contribution in [0.3, 0.4) is 0 Å². The summed E-state index contributed by atoms with van der Waals surface area (Å²) >= 11 is 0. The van der Waals surface area contributed by atoms with Gasteiger partial charge >= 0.3 is 0 Å². The molecule has 0 aromatic heterocycles. The van der Waals surface area contributed by atoms with E-state index in [1.54, 1.807) is 0 Å². The van der Waals surface area contributed by atoms with Crippen molar-refractivity contribution >= 4 is 0 Å². The number of hydrogen-bond donors (Lipinski definition) is 3. The van der Waals surface area contributed by atoms with Crippen LogP contribution in [0.15, 0.2) is 12.3 Å². The summed E-state index contributed by atoms with van der Waals surface area (Å²) in [5.74, 6) is 0. The van der Waals surface area contributed by atoms with Gasteiger partial charge in [0.1, 0.15) is 0 Å². The highest BCUT2D eigenvalue weighted by molar-refractivity contribution is 4.80. The molecule has 0 heterocycles. The maximum atomic E-state index is 8.82. The summed E-state index contributed by atoms with van der Waals surface area (Å²) in [7, 11) is 0. The molecule has 0 radical (unpaired) electrons. The average Bonchev–Trinajstić information content (AvgIpc) is 1.85. The molecule has 0 bridgehead atoms. The molecule has 0 amide bonds. The zero-order chi connectivity index (χ0) is 7.11. The van der Waals surface area contributed by atoms with Crippen molar-refractivity contribution in [2.45, 2.75) is 18.9 Å². The summed E-state index contributed by atoms with van der Waals surface area (Å²) in [5, 5.41) is 25.2. The number of rotatable bonds is 4. The largest absolute Gasteiger partial charge is 0.516 e. The molecule has 0 fully saturated rings. The molecule has 3 N–H and O–H groups in total. The first-order valence-corrected chi connectivity index (χ1v) is 2.91. The van der Waals surface area contributed by atoms with E-state index in [4.69, 9.17) is 15.3 Å². The fraction of sp³-hybridized carbons (Fsp3) is 0.667. The van der Waals surface area contributed by atoms with E-state index in [-0.39, 0.29) is 6.61 Å². The summed E-state index contributed by atoms with van der Waals surface area (Å²) in [5.41, 5.74) is 0. The molecule has 0 saturated heterocycles. The van der Waals surface area contributed by atoms with Crippen LogP contribution in [0.25, 0.3) is 0 Å². The van der Waals surface area contributed by atoms with E-state index in [0.29, 0.717) is 12.8 Å². The van der Waals surface area contributed by atoms with Gasteiger partial charge in [-0.15, -0.1) is 0 Å². The molecule has 0 aromatic carbocycles. The molecule has 0 aliphatic rings. The molecule has 0 aliphatic heterocycles. The molecule has 9 heavy (non-hydrogen) atoms. The zero-order valence-electron chi connectivity index (χ0n) is 5.20. The zero-order valence-corrected chi connectivity index (χ0v) is 5.20. The molecule has 0 saturated carbocycles. The Morgan fingerprint density at radius 2 is 2.11 bits per heavy atom. The van der Waals surface area contributed by atoms with Gasteiger partial charge in [0.05, 0.1) is 12.4 Å². The van der Waals surface area contributed by atoms with Gasteiger partial charge in [0.15, 0.2) is 0 Å². The van der Waals surface area contributed by atoms with Gasteiger partial charge in [-0.2, -0.15) is 0 Å². The number of hydrogen-bond acceptors (Lipinski definition) is 3. The maximum Gasteiger partial charge on any atom is 0.0777 e. The second kappa shape index (κ2) is 5.59. The fourth-order valence-corrected chi connectivity index (χ4v) is 0.496. The van der Waals surface area contributed by atoms with Gasteiger partial charge in [0.25, 0.3) is 0 Å². The minimum Gasteiger partial charge on any atom is -0.516 e. The Hall–Kier alpha value is -0.540. The minimum absolute atomic E-state index is 0.0797. The quantitative estimate of drug-likeness (QED) is 0.478. The Balaban J connectivity index is 3.15. The lowest BCUT2D eigenvalue weighted by Crippen LogP contribution is -2.02. The van der Waals surface area contributed by atoms with Crippen LogP contribution in [-0.4, -0.2) is 28.0 Å². The normalized spacial score (nSPS) is 14.4. The van der Waals surface area contributed by atoms with Crippen molar-refractivity contribution in [1.82, 2.24) is 0 Å². The van der Waals surface area contributed by atoms with E-state index in [1.807, 2.05) is 0 Å². The van der Waals surface area contributed by atoms with Crippen LogP contribution in [-0.2, 0) is 0 Å². The molecule has 0 aliphatic carbocycles. The molecule has 1 unspecified atom stereocenters. The van der Waals surface area contributed by atoms with E-state index in [1.165, 1.54) is 6.08 Å². The van der Waals surface area contributed by atoms with Crippen molar-refractivity contribution in [1.29, 1.82) is 0 Å². The molecule has 0 aromatic rings. The first kappa shape index (κ1) is 8.46. The number of aliphatic hydroxyl groups excluding tert-OH is 3. The minimum atomic E-state index is -0.623. The predicted octanol–water partition coefficient (Wildman–Crippen LogP) is 0.191. The van der Waals surface area contributed by atoms with Crippen molar-refractivity contribution in [3.05, 3.63) is 12.3 Å². The van der Waals surface area contributed by atoms with Crippen molar-refractivity contribution in [3.8, 4) is 0 Å². The van der Waals surface area contributed by atoms with Crippen molar-refractivity contribution in [3.63, 3.8) is 0 Å². The third-order valence-electron chi connectivity index (χ3n) is 0.966. The SMILES string of the molecule is O/C=C/C(O)CCCO. The lowest BCUT2D eigenvalue weighted by molar-refractivity contribution is 0.188. The Labute approximate surface area is 54.3 Å².